The van der Waals surface area contributed by atoms with Crippen LogP contribution >= 0.6 is 0 Å². The first-order chi connectivity index (χ1) is 9.79. The Morgan fingerprint density at radius 2 is 1.70 bits per heavy atom. The van der Waals surface area contributed by atoms with Crippen molar-refractivity contribution in [2.45, 2.75) is 38.8 Å². The van der Waals surface area contributed by atoms with Gasteiger partial charge >= 0.3 is 0 Å². The van der Waals surface area contributed by atoms with Crippen molar-refractivity contribution in [2.75, 3.05) is 13.1 Å². The Bertz CT molecular complexity index is 518. The van der Waals surface area contributed by atoms with Crippen LogP contribution in [-0.2, 0) is 13.1 Å². The van der Waals surface area contributed by atoms with Crippen LogP contribution in [0.3, 0.4) is 0 Å². The number of rotatable bonds is 5. The van der Waals surface area contributed by atoms with Crippen LogP contribution in [0.5, 0.6) is 0 Å². The van der Waals surface area contributed by atoms with E-state index in [1.54, 1.807) is 0 Å². The van der Waals surface area contributed by atoms with Gasteiger partial charge in [-0.05, 0) is 60.8 Å². The largest absolute Gasteiger partial charge is 0.338 e. The molecular formula is C17H22N2O. The Morgan fingerprint density at radius 3 is 2.35 bits per heavy atom. The molecule has 1 N–H and O–H groups in total. The molecule has 20 heavy (non-hydrogen) atoms. The number of carbonyl (C=O) groups is 1. The van der Waals surface area contributed by atoms with Crippen molar-refractivity contribution < 1.29 is 4.79 Å². The molecule has 0 saturated heterocycles. The molecule has 4 rings (SSSR count). The smallest absolute Gasteiger partial charge is 0.253 e. The van der Waals surface area contributed by atoms with Gasteiger partial charge in [0, 0.05) is 31.7 Å². The summed E-state index contributed by atoms with van der Waals surface area (Å²) in [4.78, 5) is 14.9. The van der Waals surface area contributed by atoms with Gasteiger partial charge in [-0.1, -0.05) is 6.07 Å². The Balaban J connectivity index is 1.53. The van der Waals surface area contributed by atoms with E-state index in [1.165, 1.54) is 36.8 Å². The Hall–Kier alpha value is -1.35. The second-order valence-electron chi connectivity index (χ2n) is 6.68. The van der Waals surface area contributed by atoms with Gasteiger partial charge in [0.1, 0.15) is 0 Å². The normalized spacial score (nSPS) is 20.8. The zero-order valence-corrected chi connectivity index (χ0v) is 11.9. The molecule has 3 heteroatoms. The fourth-order valence-corrected chi connectivity index (χ4v) is 3.07. The van der Waals surface area contributed by atoms with Gasteiger partial charge < -0.3 is 10.2 Å². The number of fused-ring (bicyclic) bond motifs is 1. The van der Waals surface area contributed by atoms with Crippen LogP contribution in [-0.4, -0.2) is 23.9 Å². The van der Waals surface area contributed by atoms with Gasteiger partial charge in [0.15, 0.2) is 0 Å². The molecule has 2 aliphatic carbocycles. The molecule has 1 aliphatic heterocycles. The number of hydrogen-bond donors (Lipinski definition) is 1. The first kappa shape index (κ1) is 12.4. The van der Waals surface area contributed by atoms with Gasteiger partial charge in [-0.15, -0.1) is 0 Å². The lowest BCUT2D eigenvalue weighted by Gasteiger charge is -2.23. The van der Waals surface area contributed by atoms with Crippen molar-refractivity contribution in [3.8, 4) is 0 Å². The van der Waals surface area contributed by atoms with Gasteiger partial charge in [-0.3, -0.25) is 4.79 Å². The molecule has 0 aromatic heterocycles. The molecule has 2 saturated carbocycles. The minimum Gasteiger partial charge on any atom is -0.338 e. The molecule has 3 aliphatic rings. The fraction of sp³-hybridized carbons (Fsp3) is 0.588. The third-order valence-electron chi connectivity index (χ3n) is 4.72. The minimum absolute atomic E-state index is 0.249. The van der Waals surface area contributed by atoms with E-state index in [-0.39, 0.29) is 5.91 Å². The lowest BCUT2D eigenvalue weighted by molar-refractivity contribution is 0.0739. The second kappa shape index (κ2) is 4.88. The molecule has 0 bridgehead atoms. The van der Waals surface area contributed by atoms with E-state index in [0.717, 1.165) is 43.6 Å². The molecule has 2 fully saturated rings. The number of nitrogens with zero attached hydrogens (tertiary/aromatic N) is 1. The number of amides is 1. The van der Waals surface area contributed by atoms with Crippen molar-refractivity contribution in [3.63, 3.8) is 0 Å². The highest BCUT2D eigenvalue weighted by atomic mass is 16.2. The maximum absolute atomic E-state index is 12.8. The van der Waals surface area contributed by atoms with E-state index in [9.17, 15) is 4.79 Å². The maximum atomic E-state index is 12.8. The summed E-state index contributed by atoms with van der Waals surface area (Å²) in [6.07, 6.45) is 5.23. The van der Waals surface area contributed by atoms with Crippen LogP contribution in [0, 0.1) is 11.8 Å². The molecule has 0 spiro atoms. The summed E-state index contributed by atoms with van der Waals surface area (Å²) in [5, 5.41) is 3.34. The van der Waals surface area contributed by atoms with E-state index in [1.807, 2.05) is 6.07 Å². The van der Waals surface area contributed by atoms with E-state index in [0.29, 0.717) is 0 Å². The van der Waals surface area contributed by atoms with Gasteiger partial charge in [0.25, 0.3) is 5.91 Å². The van der Waals surface area contributed by atoms with Gasteiger partial charge in [-0.25, -0.2) is 0 Å². The first-order valence-corrected chi connectivity index (χ1v) is 7.91. The topological polar surface area (TPSA) is 32.3 Å². The number of carbonyl (C=O) groups excluding carboxylic acids is 1. The molecule has 1 amide bonds. The predicted octanol–water partition coefficient (Wildman–Crippen LogP) is 2.55. The number of nitrogens with one attached hydrogen (secondary N) is 1. The molecule has 0 radical (unpaired) electrons. The van der Waals surface area contributed by atoms with Gasteiger partial charge in [0.2, 0.25) is 0 Å². The van der Waals surface area contributed by atoms with Crippen LogP contribution in [0.25, 0.3) is 0 Å². The average molecular weight is 270 g/mol. The summed E-state index contributed by atoms with van der Waals surface area (Å²) in [7, 11) is 0. The Morgan fingerprint density at radius 1 is 1.05 bits per heavy atom. The molecule has 1 heterocycles. The summed E-state index contributed by atoms with van der Waals surface area (Å²) >= 11 is 0. The highest BCUT2D eigenvalue weighted by molar-refractivity contribution is 5.94. The highest BCUT2D eigenvalue weighted by Gasteiger charge is 2.32. The second-order valence-corrected chi connectivity index (χ2v) is 6.68. The molecule has 3 nitrogen and oxygen atoms in total. The fourth-order valence-electron chi connectivity index (χ4n) is 3.07. The molecular weight excluding hydrogens is 248 g/mol. The molecule has 106 valence electrons. The summed E-state index contributed by atoms with van der Waals surface area (Å²) in [6, 6.07) is 6.24. The predicted molar refractivity (Wildman–Crippen MR) is 78.3 cm³/mol. The quantitative estimate of drug-likeness (QED) is 0.892. The molecule has 0 unspecified atom stereocenters. The zero-order chi connectivity index (χ0) is 13.5. The SMILES string of the molecule is O=C(c1ccc2c(c1)CNC2)N(CC1CC1)CC1CC1. The zero-order valence-electron chi connectivity index (χ0n) is 11.9. The molecule has 0 atom stereocenters. The summed E-state index contributed by atoms with van der Waals surface area (Å²) in [5.41, 5.74) is 3.53. The first-order valence-electron chi connectivity index (χ1n) is 7.91. The average Bonchev–Trinajstić information content (AvgIpc) is 3.38. The van der Waals surface area contributed by atoms with Crippen molar-refractivity contribution >= 4 is 5.91 Å². The number of hydrogen-bond acceptors (Lipinski definition) is 2. The van der Waals surface area contributed by atoms with Gasteiger partial charge in [-0.2, -0.15) is 0 Å². The van der Waals surface area contributed by atoms with Crippen LogP contribution in [0.1, 0.15) is 47.2 Å². The van der Waals surface area contributed by atoms with Crippen molar-refractivity contribution in [3.05, 3.63) is 34.9 Å². The van der Waals surface area contributed by atoms with Crippen molar-refractivity contribution in [2.24, 2.45) is 11.8 Å². The van der Waals surface area contributed by atoms with Crippen LogP contribution in [0.4, 0.5) is 0 Å². The molecule has 1 aromatic rings. The standard InChI is InChI=1S/C17H22N2O/c20-17(14-5-6-15-8-18-9-16(15)7-14)19(10-12-1-2-12)11-13-3-4-13/h5-7,12-13,18H,1-4,8-11H2. The Labute approximate surface area is 120 Å². The lowest BCUT2D eigenvalue weighted by Crippen LogP contribution is -2.34. The molecule has 1 aromatic carbocycles. The minimum atomic E-state index is 0.249. The van der Waals surface area contributed by atoms with Crippen molar-refractivity contribution in [1.29, 1.82) is 0 Å². The Kier molecular flexibility index (Phi) is 3.03. The number of benzene rings is 1. The maximum Gasteiger partial charge on any atom is 0.253 e. The van der Waals surface area contributed by atoms with Crippen LogP contribution in [0.15, 0.2) is 18.2 Å². The monoisotopic (exact) mass is 270 g/mol. The van der Waals surface area contributed by atoms with E-state index < -0.39 is 0 Å². The van der Waals surface area contributed by atoms with E-state index in [4.69, 9.17) is 0 Å². The highest BCUT2D eigenvalue weighted by Crippen LogP contribution is 2.34. The summed E-state index contributed by atoms with van der Waals surface area (Å²) in [6.45, 7) is 3.80. The third-order valence-corrected chi connectivity index (χ3v) is 4.72. The summed E-state index contributed by atoms with van der Waals surface area (Å²) in [5.74, 6) is 1.79. The van der Waals surface area contributed by atoms with Gasteiger partial charge in [0.05, 0.1) is 0 Å². The summed E-state index contributed by atoms with van der Waals surface area (Å²) < 4.78 is 0. The van der Waals surface area contributed by atoms with E-state index >= 15 is 0 Å². The van der Waals surface area contributed by atoms with Crippen molar-refractivity contribution in [1.82, 2.24) is 10.2 Å². The lowest BCUT2D eigenvalue weighted by atomic mass is 10.1. The van der Waals surface area contributed by atoms with Crippen LogP contribution in [0.2, 0.25) is 0 Å². The van der Waals surface area contributed by atoms with Crippen LogP contribution < -0.4 is 5.32 Å². The van der Waals surface area contributed by atoms with E-state index in [2.05, 4.69) is 22.3 Å². The third kappa shape index (κ3) is 2.59.